The van der Waals surface area contributed by atoms with Gasteiger partial charge >= 0.3 is 5.97 Å². The minimum atomic E-state index is -0.920. The molecule has 1 aromatic rings. The molecule has 24 heavy (non-hydrogen) atoms. The lowest BCUT2D eigenvalue weighted by molar-refractivity contribution is -0.141. The number of fused-ring (bicyclic) bond motifs is 1. The Morgan fingerprint density at radius 3 is 2.79 bits per heavy atom. The summed E-state index contributed by atoms with van der Waals surface area (Å²) < 4.78 is 13.6. The Hall–Kier alpha value is -2.06. The van der Waals surface area contributed by atoms with Crippen LogP contribution >= 0.6 is 0 Å². The quantitative estimate of drug-likeness (QED) is 0.703. The fourth-order valence-electron chi connectivity index (χ4n) is 2.28. The number of rotatable bonds is 9. The van der Waals surface area contributed by atoms with Gasteiger partial charge in [-0.3, -0.25) is 9.59 Å². The van der Waals surface area contributed by atoms with Crippen molar-refractivity contribution in [1.82, 2.24) is 4.90 Å². The van der Waals surface area contributed by atoms with Gasteiger partial charge in [-0.15, -0.1) is 0 Å². The van der Waals surface area contributed by atoms with Crippen LogP contribution in [0.5, 0.6) is 0 Å². The van der Waals surface area contributed by atoms with Crippen LogP contribution in [0.2, 0.25) is 0 Å². The molecule has 7 nitrogen and oxygen atoms in total. The first-order chi connectivity index (χ1) is 11.5. The Kier molecular flexibility index (Phi) is 6.62. The van der Waals surface area contributed by atoms with Crippen molar-refractivity contribution >= 4 is 34.6 Å². The van der Waals surface area contributed by atoms with Gasteiger partial charge in [0.2, 0.25) is 0 Å². The zero-order valence-electron chi connectivity index (χ0n) is 13.8. The molecule has 130 valence electrons. The lowest BCUT2D eigenvalue weighted by atomic mass is 10.1. The summed E-state index contributed by atoms with van der Waals surface area (Å²) in [4.78, 5) is 25.5. The highest BCUT2D eigenvalue weighted by Crippen LogP contribution is 2.32. The molecule has 0 aliphatic carbocycles. The Bertz CT molecular complexity index is 686. The normalized spacial score (nSPS) is 13.2. The highest BCUT2D eigenvalue weighted by molar-refractivity contribution is 7.58. The minimum Gasteiger partial charge on any atom is -0.481 e. The number of carboxylic acids is 1. The van der Waals surface area contributed by atoms with Gasteiger partial charge in [0.1, 0.15) is 11.4 Å². The van der Waals surface area contributed by atoms with Crippen LogP contribution in [0.1, 0.15) is 30.6 Å². The molecule has 0 aromatic heterocycles. The van der Waals surface area contributed by atoms with Crippen molar-refractivity contribution < 1.29 is 19.4 Å². The molecule has 1 aliphatic rings. The van der Waals surface area contributed by atoms with Gasteiger partial charge in [-0.05, 0) is 31.5 Å². The third-order valence-corrected chi connectivity index (χ3v) is 4.18. The third-order valence-electron chi connectivity index (χ3n) is 3.62. The van der Waals surface area contributed by atoms with Crippen LogP contribution in [0.3, 0.4) is 0 Å². The molecule has 1 amide bonds. The van der Waals surface area contributed by atoms with E-state index in [1.807, 2.05) is 6.92 Å². The van der Waals surface area contributed by atoms with Gasteiger partial charge in [-0.2, -0.15) is 8.73 Å². The molecular formula is C16H21N3O4S. The summed E-state index contributed by atoms with van der Waals surface area (Å²) in [5, 5.41) is 9.13. The topological polar surface area (TPSA) is 91.6 Å². The first kappa shape index (κ1) is 18.3. The Morgan fingerprint density at radius 2 is 2.08 bits per heavy atom. The summed E-state index contributed by atoms with van der Waals surface area (Å²) in [6, 6.07) is 5.15. The molecular weight excluding hydrogens is 330 g/mol. The molecule has 1 aromatic carbocycles. The second kappa shape index (κ2) is 8.70. The van der Waals surface area contributed by atoms with Crippen molar-refractivity contribution in [1.29, 1.82) is 0 Å². The number of nitrogens with zero attached hydrogens (tertiary/aromatic N) is 3. The number of amides is 1. The molecule has 2 rings (SSSR count). The zero-order chi connectivity index (χ0) is 17.5. The van der Waals surface area contributed by atoms with Gasteiger partial charge in [0.05, 0.1) is 17.3 Å². The number of ether oxygens (including phenoxy) is 1. The maximum atomic E-state index is 12.8. The summed E-state index contributed by atoms with van der Waals surface area (Å²) in [5.74, 6) is -1.75. The molecule has 1 heterocycles. The first-order valence-electron chi connectivity index (χ1n) is 7.85. The molecule has 0 radical (unpaired) electrons. The summed E-state index contributed by atoms with van der Waals surface area (Å²) >= 11 is 1.10. The van der Waals surface area contributed by atoms with Gasteiger partial charge in [-0.25, -0.2) is 0 Å². The van der Waals surface area contributed by atoms with E-state index < -0.39 is 11.9 Å². The minimum absolute atomic E-state index is 0.160. The van der Waals surface area contributed by atoms with Gasteiger partial charge in [0.25, 0.3) is 5.91 Å². The van der Waals surface area contributed by atoms with Gasteiger partial charge in [0.15, 0.2) is 0 Å². The van der Waals surface area contributed by atoms with Crippen LogP contribution in [-0.2, 0) is 20.9 Å². The Labute approximate surface area is 144 Å². The molecule has 1 N–H and O–H groups in total. The highest BCUT2D eigenvalue weighted by atomic mass is 32.1. The number of carboxylic acid groups (broad SMARTS) is 1. The predicted octanol–water partition coefficient (Wildman–Crippen LogP) is 3.00. The van der Waals surface area contributed by atoms with Crippen molar-refractivity contribution in [2.75, 3.05) is 26.3 Å². The van der Waals surface area contributed by atoms with E-state index in [-0.39, 0.29) is 12.5 Å². The average molecular weight is 351 g/mol. The maximum absolute atomic E-state index is 12.8. The molecule has 0 spiro atoms. The van der Waals surface area contributed by atoms with Crippen molar-refractivity contribution in [2.24, 2.45) is 14.6 Å². The van der Waals surface area contributed by atoms with Crippen LogP contribution in [0.15, 0.2) is 26.9 Å². The monoisotopic (exact) mass is 351 g/mol. The van der Waals surface area contributed by atoms with Gasteiger partial charge in [-0.1, -0.05) is 6.92 Å². The number of carbonyl (C=O) groups is 2. The zero-order valence-corrected chi connectivity index (χ0v) is 14.6. The Balaban J connectivity index is 2.10. The number of hydrogen-bond acceptors (Lipinski definition) is 5. The Morgan fingerprint density at radius 1 is 1.33 bits per heavy atom. The fourth-order valence-corrected chi connectivity index (χ4v) is 2.80. The van der Waals surface area contributed by atoms with E-state index in [4.69, 9.17) is 9.84 Å². The van der Waals surface area contributed by atoms with E-state index in [2.05, 4.69) is 8.73 Å². The van der Waals surface area contributed by atoms with E-state index in [1.54, 1.807) is 30.0 Å². The summed E-state index contributed by atoms with van der Waals surface area (Å²) in [6.07, 6.45) is 0.659. The number of hydrogen-bond donors (Lipinski definition) is 1. The summed E-state index contributed by atoms with van der Waals surface area (Å²) in [7, 11) is 0. The van der Waals surface area contributed by atoms with E-state index in [0.717, 1.165) is 17.0 Å². The first-order valence-corrected chi connectivity index (χ1v) is 8.58. The van der Waals surface area contributed by atoms with E-state index in [1.165, 1.54) is 0 Å². The van der Waals surface area contributed by atoms with Gasteiger partial charge < -0.3 is 14.7 Å². The van der Waals surface area contributed by atoms with E-state index in [9.17, 15) is 9.59 Å². The van der Waals surface area contributed by atoms with Crippen molar-refractivity contribution in [3.63, 3.8) is 0 Å². The SMILES string of the molecule is CCOCCCN(CC(C)C(=O)O)C(=O)c1ccc2c(c1)N=S=N2. The molecule has 1 unspecified atom stereocenters. The van der Waals surface area contributed by atoms with Crippen molar-refractivity contribution in [3.8, 4) is 0 Å². The lowest BCUT2D eigenvalue weighted by Crippen LogP contribution is -2.38. The maximum Gasteiger partial charge on any atom is 0.308 e. The number of carbonyl (C=O) groups excluding carboxylic acids is 1. The van der Waals surface area contributed by atoms with Crippen LogP contribution in [0, 0.1) is 5.92 Å². The fraction of sp³-hybridized carbons (Fsp3) is 0.500. The van der Waals surface area contributed by atoms with Crippen LogP contribution in [0.25, 0.3) is 0 Å². The number of aliphatic carboxylic acids is 1. The average Bonchev–Trinajstić information content (AvgIpc) is 3.04. The number of benzene rings is 1. The van der Waals surface area contributed by atoms with Crippen LogP contribution in [0.4, 0.5) is 11.4 Å². The second-order valence-corrected chi connectivity index (χ2v) is 6.04. The van der Waals surface area contributed by atoms with Crippen LogP contribution < -0.4 is 0 Å². The second-order valence-electron chi connectivity index (χ2n) is 5.51. The largest absolute Gasteiger partial charge is 0.481 e. The molecule has 1 atom stereocenters. The van der Waals surface area contributed by atoms with Crippen molar-refractivity contribution in [3.05, 3.63) is 23.8 Å². The third kappa shape index (κ3) is 4.72. The molecule has 8 heteroatoms. The van der Waals surface area contributed by atoms with Crippen molar-refractivity contribution in [2.45, 2.75) is 20.3 Å². The highest BCUT2D eigenvalue weighted by Gasteiger charge is 2.22. The summed E-state index contributed by atoms with van der Waals surface area (Å²) in [5.41, 5.74) is 1.91. The standard InChI is InChI=1S/C16H21N3O4S/c1-3-23-8-4-7-19(10-11(2)16(21)22)15(20)12-5-6-13-14(9-12)18-24-17-13/h5-6,9,11H,3-4,7-8,10H2,1-2H3,(H,21,22). The molecule has 0 fully saturated rings. The summed E-state index contributed by atoms with van der Waals surface area (Å²) in [6.45, 7) is 5.27. The van der Waals surface area contributed by atoms with Crippen LogP contribution in [-0.4, -0.2) is 48.2 Å². The molecule has 0 saturated carbocycles. The molecule has 0 saturated heterocycles. The predicted molar refractivity (Wildman–Crippen MR) is 91.8 cm³/mol. The lowest BCUT2D eigenvalue weighted by Gasteiger charge is -2.24. The smallest absolute Gasteiger partial charge is 0.308 e. The van der Waals surface area contributed by atoms with E-state index >= 15 is 0 Å². The van der Waals surface area contributed by atoms with Gasteiger partial charge in [0, 0.05) is 31.9 Å². The molecule has 1 aliphatic heterocycles. The van der Waals surface area contributed by atoms with E-state index in [0.29, 0.717) is 37.4 Å². The molecule has 0 bridgehead atoms.